The summed E-state index contributed by atoms with van der Waals surface area (Å²) in [5.74, 6) is -1.66. The number of carbonyl (C=O) groups is 2. The Labute approximate surface area is 162 Å². The molecule has 2 heterocycles. The highest BCUT2D eigenvalue weighted by Crippen LogP contribution is 2.53. The Morgan fingerprint density at radius 1 is 1.32 bits per heavy atom. The van der Waals surface area contributed by atoms with Crippen LogP contribution in [0.25, 0.3) is 11.3 Å². The SMILES string of the molecule is CC(C)(C)OC(=O)C1Cc2c(C(N)=O)c(-c3cccc(F)c3)nn2C2(CC2)C1. The highest BCUT2D eigenvalue weighted by atomic mass is 19.1. The van der Waals surface area contributed by atoms with Crippen molar-refractivity contribution < 1.29 is 18.7 Å². The van der Waals surface area contributed by atoms with Gasteiger partial charge in [-0.05, 0) is 52.2 Å². The number of esters is 1. The molecule has 1 spiro atoms. The number of rotatable bonds is 3. The number of aromatic nitrogens is 2. The largest absolute Gasteiger partial charge is 0.460 e. The summed E-state index contributed by atoms with van der Waals surface area (Å²) in [6.07, 6.45) is 2.71. The molecule has 0 radical (unpaired) electrons. The van der Waals surface area contributed by atoms with Crippen molar-refractivity contribution in [2.45, 2.75) is 57.6 Å². The fourth-order valence-electron chi connectivity index (χ4n) is 4.09. The van der Waals surface area contributed by atoms with Crippen LogP contribution in [0.15, 0.2) is 24.3 Å². The maximum atomic E-state index is 13.7. The summed E-state index contributed by atoms with van der Waals surface area (Å²) in [4.78, 5) is 25.0. The van der Waals surface area contributed by atoms with Crippen molar-refractivity contribution in [3.05, 3.63) is 41.3 Å². The Morgan fingerprint density at radius 3 is 2.61 bits per heavy atom. The Morgan fingerprint density at radius 2 is 2.04 bits per heavy atom. The molecule has 7 heteroatoms. The molecule has 4 rings (SSSR count). The van der Waals surface area contributed by atoms with Gasteiger partial charge in [-0.15, -0.1) is 0 Å². The van der Waals surface area contributed by atoms with E-state index >= 15 is 0 Å². The van der Waals surface area contributed by atoms with Crippen molar-refractivity contribution >= 4 is 11.9 Å². The summed E-state index contributed by atoms with van der Waals surface area (Å²) >= 11 is 0. The van der Waals surface area contributed by atoms with Gasteiger partial charge < -0.3 is 10.5 Å². The number of fused-ring (bicyclic) bond motifs is 2. The van der Waals surface area contributed by atoms with Crippen LogP contribution in [0.5, 0.6) is 0 Å². The Hall–Kier alpha value is -2.70. The van der Waals surface area contributed by atoms with Crippen molar-refractivity contribution in [3.8, 4) is 11.3 Å². The second-order valence-corrected chi connectivity index (χ2v) is 8.82. The van der Waals surface area contributed by atoms with Crippen molar-refractivity contribution in [1.29, 1.82) is 0 Å². The zero-order valence-electron chi connectivity index (χ0n) is 16.3. The second kappa shape index (κ2) is 6.15. The minimum Gasteiger partial charge on any atom is -0.460 e. The van der Waals surface area contributed by atoms with Gasteiger partial charge in [-0.1, -0.05) is 12.1 Å². The van der Waals surface area contributed by atoms with Gasteiger partial charge in [0.2, 0.25) is 0 Å². The summed E-state index contributed by atoms with van der Waals surface area (Å²) in [6.45, 7) is 5.51. The van der Waals surface area contributed by atoms with Gasteiger partial charge in [0.1, 0.15) is 17.1 Å². The van der Waals surface area contributed by atoms with Crippen molar-refractivity contribution in [2.75, 3.05) is 0 Å². The quantitative estimate of drug-likeness (QED) is 0.822. The summed E-state index contributed by atoms with van der Waals surface area (Å²) in [5, 5.41) is 4.66. The number of amides is 1. The zero-order chi connectivity index (χ0) is 20.3. The average Bonchev–Trinajstić information content (AvgIpc) is 3.22. The summed E-state index contributed by atoms with van der Waals surface area (Å²) in [7, 11) is 0. The van der Waals surface area contributed by atoms with E-state index in [0.29, 0.717) is 29.8 Å². The third-order valence-electron chi connectivity index (χ3n) is 5.41. The highest BCUT2D eigenvalue weighted by Gasteiger charge is 2.53. The Balaban J connectivity index is 1.79. The molecule has 1 atom stereocenters. The van der Waals surface area contributed by atoms with Crippen LogP contribution in [0.1, 0.15) is 56.1 Å². The third-order valence-corrected chi connectivity index (χ3v) is 5.41. The third kappa shape index (κ3) is 3.19. The van der Waals surface area contributed by atoms with Crippen LogP contribution in [0.3, 0.4) is 0 Å². The van der Waals surface area contributed by atoms with Gasteiger partial charge in [-0.25, -0.2) is 4.39 Å². The molecule has 1 saturated carbocycles. The number of primary amides is 1. The lowest BCUT2D eigenvalue weighted by Crippen LogP contribution is -2.38. The maximum Gasteiger partial charge on any atom is 0.309 e. The van der Waals surface area contributed by atoms with E-state index in [2.05, 4.69) is 5.10 Å². The standard InChI is InChI=1S/C21H24FN3O3/c1-20(2,3)28-19(27)13-10-15-16(18(23)26)17(12-5-4-6-14(22)9-12)24-25(15)21(11-13)7-8-21/h4-6,9,13H,7-8,10-11H2,1-3H3,(H2,23,26). The van der Waals surface area contributed by atoms with E-state index in [0.717, 1.165) is 12.8 Å². The molecule has 28 heavy (non-hydrogen) atoms. The van der Waals surface area contributed by atoms with Crippen LogP contribution in [0.4, 0.5) is 4.39 Å². The lowest BCUT2D eigenvalue weighted by atomic mass is 9.87. The van der Waals surface area contributed by atoms with Crippen LogP contribution in [-0.4, -0.2) is 27.3 Å². The highest BCUT2D eigenvalue weighted by molar-refractivity contribution is 6.00. The minimum absolute atomic E-state index is 0.269. The van der Waals surface area contributed by atoms with E-state index < -0.39 is 17.3 Å². The molecule has 2 N–H and O–H groups in total. The average molecular weight is 385 g/mol. The van der Waals surface area contributed by atoms with Crippen LogP contribution in [-0.2, 0) is 21.5 Å². The molecule has 2 aromatic rings. The molecule has 1 aliphatic carbocycles. The number of hydrogen-bond donors (Lipinski definition) is 1. The number of benzene rings is 1. The van der Waals surface area contributed by atoms with E-state index in [4.69, 9.17) is 10.5 Å². The van der Waals surface area contributed by atoms with Crippen LogP contribution in [0, 0.1) is 11.7 Å². The Kier molecular flexibility index (Phi) is 4.10. The lowest BCUT2D eigenvalue weighted by Gasteiger charge is -2.32. The molecule has 1 fully saturated rings. The lowest BCUT2D eigenvalue weighted by molar-refractivity contribution is -0.161. The Bertz CT molecular complexity index is 970. The van der Waals surface area contributed by atoms with E-state index in [9.17, 15) is 14.0 Å². The molecule has 148 valence electrons. The summed E-state index contributed by atoms with van der Waals surface area (Å²) in [6, 6.07) is 5.95. The first-order valence-electron chi connectivity index (χ1n) is 9.51. The molecule has 1 aliphatic heterocycles. The molecule has 1 amide bonds. The molecule has 1 aromatic heterocycles. The zero-order valence-corrected chi connectivity index (χ0v) is 16.3. The van der Waals surface area contributed by atoms with Crippen molar-refractivity contribution in [1.82, 2.24) is 9.78 Å². The van der Waals surface area contributed by atoms with Gasteiger partial charge in [-0.3, -0.25) is 14.3 Å². The number of halogens is 1. The predicted molar refractivity (Wildman–Crippen MR) is 101 cm³/mol. The molecular weight excluding hydrogens is 361 g/mol. The van der Waals surface area contributed by atoms with Gasteiger partial charge in [0, 0.05) is 12.0 Å². The first-order valence-corrected chi connectivity index (χ1v) is 9.51. The number of carbonyl (C=O) groups excluding carboxylic acids is 2. The number of nitrogens with zero attached hydrogens (tertiary/aromatic N) is 2. The fraction of sp³-hybridized carbons (Fsp3) is 0.476. The topological polar surface area (TPSA) is 87.2 Å². The molecule has 0 saturated heterocycles. The van der Waals surface area contributed by atoms with Gasteiger partial charge in [0.25, 0.3) is 5.91 Å². The summed E-state index contributed by atoms with van der Waals surface area (Å²) in [5.41, 5.74) is 6.61. The van der Waals surface area contributed by atoms with Crippen molar-refractivity contribution in [3.63, 3.8) is 0 Å². The van der Waals surface area contributed by atoms with E-state index in [-0.39, 0.29) is 23.0 Å². The minimum atomic E-state index is -0.624. The second-order valence-electron chi connectivity index (χ2n) is 8.82. The maximum absolute atomic E-state index is 13.7. The van der Waals surface area contributed by atoms with E-state index in [1.807, 2.05) is 25.5 Å². The first-order chi connectivity index (χ1) is 13.1. The van der Waals surface area contributed by atoms with E-state index in [1.165, 1.54) is 12.1 Å². The van der Waals surface area contributed by atoms with Gasteiger partial charge in [0.05, 0.1) is 22.7 Å². The normalized spacial score (nSPS) is 19.9. The molecule has 0 bridgehead atoms. The number of hydrogen-bond acceptors (Lipinski definition) is 4. The van der Waals surface area contributed by atoms with E-state index in [1.54, 1.807) is 12.1 Å². The smallest absolute Gasteiger partial charge is 0.309 e. The monoisotopic (exact) mass is 385 g/mol. The molecule has 6 nitrogen and oxygen atoms in total. The van der Waals surface area contributed by atoms with Gasteiger partial charge in [0.15, 0.2) is 0 Å². The van der Waals surface area contributed by atoms with Gasteiger partial charge >= 0.3 is 5.97 Å². The van der Waals surface area contributed by atoms with Crippen LogP contribution < -0.4 is 5.73 Å². The van der Waals surface area contributed by atoms with Crippen LogP contribution >= 0.6 is 0 Å². The first kappa shape index (κ1) is 18.7. The molecule has 1 aromatic carbocycles. The van der Waals surface area contributed by atoms with Gasteiger partial charge in [-0.2, -0.15) is 5.10 Å². The van der Waals surface area contributed by atoms with Crippen molar-refractivity contribution in [2.24, 2.45) is 11.7 Å². The predicted octanol–water partition coefficient (Wildman–Crippen LogP) is 3.18. The fourth-order valence-corrected chi connectivity index (χ4v) is 4.09. The summed E-state index contributed by atoms with van der Waals surface area (Å²) < 4.78 is 21.2. The number of nitrogens with two attached hydrogens (primary N) is 1. The number of ether oxygens (including phenoxy) is 1. The molecular formula is C21H24FN3O3. The van der Waals surface area contributed by atoms with Crippen LogP contribution in [0.2, 0.25) is 0 Å². The molecule has 1 unspecified atom stereocenters. The molecule has 2 aliphatic rings.